The number of hydrogen-bond acceptors (Lipinski definition) is 18. The molecule has 18 nitrogen and oxygen atoms in total. The van der Waals surface area contributed by atoms with E-state index in [1.165, 1.54) is 21.3 Å². The van der Waals surface area contributed by atoms with Crippen molar-refractivity contribution in [3.63, 3.8) is 0 Å². The second-order valence-electron chi connectivity index (χ2n) is 16.7. The summed E-state index contributed by atoms with van der Waals surface area (Å²) in [5.41, 5.74) is 0. The summed E-state index contributed by atoms with van der Waals surface area (Å²) in [6.45, 7) is 5.89. The fourth-order valence-corrected chi connectivity index (χ4v) is 9.34. The number of furan rings is 1. The van der Waals surface area contributed by atoms with Crippen LogP contribution in [0.5, 0.6) is 0 Å². The number of carbonyl (C=O) groups is 3. The Morgan fingerprint density at radius 3 is 1.65 bits per heavy atom. The summed E-state index contributed by atoms with van der Waals surface area (Å²) in [6.07, 6.45) is 16.2. The van der Waals surface area contributed by atoms with Gasteiger partial charge in [-0.15, -0.1) is 11.6 Å². The normalized spacial score (nSPS) is 44.3. The van der Waals surface area contributed by atoms with Gasteiger partial charge in [-0.1, -0.05) is 18.7 Å². The minimum Gasteiger partial charge on any atom is -0.473 e. The highest BCUT2D eigenvalue weighted by Crippen LogP contribution is 2.52. The molecule has 62 heavy (non-hydrogen) atoms. The first-order valence-electron chi connectivity index (χ1n) is 21.3. The van der Waals surface area contributed by atoms with Gasteiger partial charge in [-0.2, -0.15) is 0 Å². The number of alkyl halides is 1. The molecule has 344 valence electrons. The Kier molecular flexibility index (Phi) is 15.0. The lowest BCUT2D eigenvalue weighted by atomic mass is 9.89. The van der Waals surface area contributed by atoms with Crippen LogP contribution in [-0.2, 0) is 76.0 Å². The summed E-state index contributed by atoms with van der Waals surface area (Å²) in [6, 6.07) is 3.67. The Labute approximate surface area is 364 Å². The van der Waals surface area contributed by atoms with Crippen molar-refractivity contribution in [1.29, 1.82) is 0 Å². The first kappa shape index (κ1) is 45.6. The first-order chi connectivity index (χ1) is 30.2. The second-order valence-corrected chi connectivity index (χ2v) is 17.0. The van der Waals surface area contributed by atoms with E-state index in [1.54, 1.807) is 12.5 Å². The summed E-state index contributed by atoms with van der Waals surface area (Å²) in [5, 5.41) is 8.89. The number of ether oxygens (including phenoxy) is 13. The van der Waals surface area contributed by atoms with Crippen molar-refractivity contribution in [2.75, 3.05) is 53.6 Å². The lowest BCUT2D eigenvalue weighted by Gasteiger charge is -2.16. The number of halogens is 1. The zero-order valence-electron chi connectivity index (χ0n) is 34.9. The zero-order chi connectivity index (χ0) is 43.5. The van der Waals surface area contributed by atoms with Gasteiger partial charge in [0.2, 0.25) is 0 Å². The van der Waals surface area contributed by atoms with Gasteiger partial charge in [0.1, 0.15) is 54.9 Å². The molecule has 1 aromatic heterocycles. The lowest BCUT2D eigenvalue weighted by molar-refractivity contribution is -0.148. The molecule has 12 fully saturated rings. The molecule has 20 unspecified atom stereocenters. The number of esters is 3. The molecular weight excluding hydrogens is 840 g/mol. The Bertz CT molecular complexity index is 1670. The summed E-state index contributed by atoms with van der Waals surface area (Å²) in [7, 11) is 4.14. The van der Waals surface area contributed by atoms with E-state index in [9.17, 15) is 14.4 Å². The molecule has 0 radical (unpaired) electrons. The van der Waals surface area contributed by atoms with Gasteiger partial charge < -0.3 is 71.1 Å². The molecule has 0 aliphatic carbocycles. The van der Waals surface area contributed by atoms with Gasteiger partial charge in [0.25, 0.3) is 0 Å². The highest BCUT2D eigenvalue weighted by atomic mass is 35.5. The largest absolute Gasteiger partial charge is 0.473 e. The zero-order valence-corrected chi connectivity index (χ0v) is 35.7. The average molecular weight is 897 g/mol. The Morgan fingerprint density at radius 1 is 0.677 bits per heavy atom. The van der Waals surface area contributed by atoms with Gasteiger partial charge >= 0.3 is 17.9 Å². The van der Waals surface area contributed by atoms with E-state index in [4.69, 9.17) is 64.1 Å². The number of hydrogen-bond donors (Lipinski definition) is 1. The fraction of sp³-hybridized carbons (Fsp3) is 0.744. The van der Waals surface area contributed by atoms with Crippen molar-refractivity contribution in [2.45, 2.75) is 129 Å². The molecule has 0 aromatic carbocycles. The first-order valence-corrected chi connectivity index (χ1v) is 21.8. The van der Waals surface area contributed by atoms with E-state index < -0.39 is 5.97 Å². The number of fused-ring (bicyclic) bond motifs is 17. The van der Waals surface area contributed by atoms with E-state index in [2.05, 4.69) is 25.2 Å². The molecule has 12 saturated heterocycles. The van der Waals surface area contributed by atoms with Crippen molar-refractivity contribution >= 4 is 29.5 Å². The molecule has 0 spiro atoms. The number of epoxide rings is 5. The van der Waals surface area contributed by atoms with Crippen LogP contribution in [0.15, 0.2) is 53.9 Å². The van der Waals surface area contributed by atoms with Crippen LogP contribution in [0.25, 0.3) is 0 Å². The maximum atomic E-state index is 11.2. The van der Waals surface area contributed by atoms with Gasteiger partial charge in [-0.3, -0.25) is 9.59 Å². The predicted octanol–water partition coefficient (Wildman–Crippen LogP) is 1.71. The molecule has 20 atom stereocenters. The smallest absolute Gasteiger partial charge is 0.329 e. The highest BCUT2D eigenvalue weighted by Gasteiger charge is 2.67. The van der Waals surface area contributed by atoms with E-state index in [0.29, 0.717) is 60.6 Å². The summed E-state index contributed by atoms with van der Waals surface area (Å²) in [4.78, 5) is 32.1. The van der Waals surface area contributed by atoms with Crippen LogP contribution in [0.3, 0.4) is 0 Å². The molecule has 14 heterocycles. The Hall–Kier alpha value is -2.98. The molecule has 13 aliphatic heterocycles. The number of carbonyl (C=O) groups excluding carboxylic acids is 3. The van der Waals surface area contributed by atoms with Crippen molar-refractivity contribution in [3.05, 3.63) is 49.5 Å². The number of aliphatic hydroxyl groups is 1. The molecule has 8 bridgehead atoms. The third-order valence-electron chi connectivity index (χ3n) is 12.7. The van der Waals surface area contributed by atoms with Crippen LogP contribution >= 0.6 is 11.6 Å². The van der Waals surface area contributed by atoms with Crippen LogP contribution in [0.1, 0.15) is 25.7 Å². The Morgan fingerprint density at radius 2 is 1.26 bits per heavy atom. The Balaban J connectivity index is 0.000000103. The van der Waals surface area contributed by atoms with E-state index in [-0.39, 0.29) is 85.3 Å². The lowest BCUT2D eigenvalue weighted by Crippen LogP contribution is -2.32. The molecule has 19 heteroatoms. The highest BCUT2D eigenvalue weighted by molar-refractivity contribution is 6.18. The van der Waals surface area contributed by atoms with E-state index in [0.717, 1.165) is 51.6 Å². The third kappa shape index (κ3) is 10.9. The second kappa shape index (κ2) is 20.5. The fourth-order valence-electron chi connectivity index (χ4n) is 9.16. The topological polar surface area (TPSA) is 221 Å². The van der Waals surface area contributed by atoms with E-state index in [1.807, 2.05) is 24.3 Å². The maximum absolute atomic E-state index is 11.2. The van der Waals surface area contributed by atoms with Crippen molar-refractivity contribution in [1.82, 2.24) is 0 Å². The van der Waals surface area contributed by atoms with E-state index >= 15 is 0 Å². The number of aliphatic hydroxyl groups excluding tert-OH is 1. The molecule has 0 saturated carbocycles. The van der Waals surface area contributed by atoms with Crippen molar-refractivity contribution in [3.8, 4) is 0 Å². The summed E-state index contributed by atoms with van der Waals surface area (Å²) >= 11 is 5.27. The standard InChI is InChI=1S/C9H12O4.C8H10O4.C8H10O3.C7H10O3.C4H6O2.C4H4O.C3H5ClO/c1-5(11-3-4-2-10-4)7-9-8(13-9)6(1)12-7;1-10-8(9)3-2-4-6-7(12-6)5(3)11-4;1-10-8(9)6-4-5-2-3-7(6)11-5;8-2-3-1-4-6-7(10-6)5(3)9-4;1-3-4(5)6-2;1-2-4-5-3-1;4-1-3-2-5-3/h4-9H,1-3H2;3-7H,2H2,1H3;2-3,5-7H,4H2,1H3;3-8H,1-2H2;3H,1H2,2H3;1-4H;3H,1-2H2. The third-order valence-corrected chi connectivity index (χ3v) is 13.0. The minimum atomic E-state index is -0.394. The quantitative estimate of drug-likeness (QED) is 0.0980. The minimum absolute atomic E-state index is 0.0209. The van der Waals surface area contributed by atoms with Gasteiger partial charge in [0, 0.05) is 25.0 Å². The van der Waals surface area contributed by atoms with Gasteiger partial charge in [0.05, 0.1) is 120 Å². The molecule has 1 aromatic rings. The predicted molar refractivity (Wildman–Crippen MR) is 211 cm³/mol. The molecule has 1 N–H and O–H groups in total. The molecule has 14 rings (SSSR count). The summed E-state index contributed by atoms with van der Waals surface area (Å²) in [5.74, 6) is 0.181. The SMILES string of the molecule is C1OC1COC1CC2OC1C1OC21.C=CC(=O)OC.COC(=O)C1CC2C=CC1O2.COC(=O)C1CC2OC1C1OC21.ClCC1CO1.OCC1CC2OC1C1OC21.c1ccoc1. The van der Waals surface area contributed by atoms with Crippen molar-refractivity contribution < 1.29 is 85.5 Å². The van der Waals surface area contributed by atoms with Gasteiger partial charge in [0.15, 0.2) is 0 Å². The molecular formula is C43H57ClO18. The number of methoxy groups -OCH3 is 3. The van der Waals surface area contributed by atoms with Gasteiger partial charge in [-0.25, -0.2) is 4.79 Å². The maximum Gasteiger partial charge on any atom is 0.329 e. The van der Waals surface area contributed by atoms with Crippen LogP contribution in [-0.4, -0.2) is 180 Å². The van der Waals surface area contributed by atoms with Gasteiger partial charge in [-0.05, 0) is 31.4 Å². The summed E-state index contributed by atoms with van der Waals surface area (Å²) < 4.78 is 71.9. The van der Waals surface area contributed by atoms with Crippen LogP contribution in [0.2, 0.25) is 0 Å². The van der Waals surface area contributed by atoms with Crippen molar-refractivity contribution in [2.24, 2.45) is 17.8 Å². The van der Waals surface area contributed by atoms with Crippen LogP contribution in [0, 0.1) is 17.8 Å². The average Bonchev–Trinajstić information content (AvgIpc) is 4.32. The van der Waals surface area contributed by atoms with Crippen LogP contribution in [0.4, 0.5) is 0 Å². The van der Waals surface area contributed by atoms with Crippen LogP contribution < -0.4 is 0 Å². The monoisotopic (exact) mass is 896 g/mol. The molecule has 13 aliphatic rings. The number of rotatable bonds is 8. The molecule has 0 amide bonds.